The van der Waals surface area contributed by atoms with E-state index < -0.39 is 17.7 Å². The number of methoxy groups -OCH3 is 1. The van der Waals surface area contributed by atoms with Crippen molar-refractivity contribution in [1.82, 2.24) is 19.5 Å². The highest BCUT2D eigenvalue weighted by molar-refractivity contribution is 5.93. The number of alkyl halides is 3. The number of halogens is 3. The Labute approximate surface area is 235 Å². The van der Waals surface area contributed by atoms with Crippen molar-refractivity contribution in [2.24, 2.45) is 5.92 Å². The number of nitrogens with one attached hydrogen (secondary N) is 1. The van der Waals surface area contributed by atoms with Crippen LogP contribution in [0.15, 0.2) is 42.5 Å². The molecule has 1 fully saturated rings. The minimum absolute atomic E-state index is 0.0168. The van der Waals surface area contributed by atoms with E-state index in [2.05, 4.69) is 15.3 Å². The van der Waals surface area contributed by atoms with Gasteiger partial charge in [0.15, 0.2) is 11.5 Å². The Morgan fingerprint density at radius 1 is 1.10 bits per heavy atom. The Bertz CT molecular complexity index is 1580. The molecule has 0 saturated heterocycles. The van der Waals surface area contributed by atoms with E-state index in [4.69, 9.17) is 9.72 Å². The van der Waals surface area contributed by atoms with Crippen LogP contribution in [0.5, 0.6) is 5.75 Å². The van der Waals surface area contributed by atoms with Gasteiger partial charge < -0.3 is 19.7 Å². The van der Waals surface area contributed by atoms with Crippen molar-refractivity contribution in [3.8, 4) is 17.1 Å². The number of ether oxygens (including phenoxy) is 1. The second kappa shape index (κ2) is 11.0. The van der Waals surface area contributed by atoms with Crippen molar-refractivity contribution in [3.05, 3.63) is 65.0 Å². The molecule has 2 aromatic heterocycles. The highest BCUT2D eigenvalue weighted by atomic mass is 19.4. The van der Waals surface area contributed by atoms with Gasteiger partial charge in [0, 0.05) is 12.6 Å². The van der Waals surface area contributed by atoms with Crippen molar-refractivity contribution in [3.63, 3.8) is 0 Å². The van der Waals surface area contributed by atoms with Crippen molar-refractivity contribution in [2.75, 3.05) is 12.4 Å². The van der Waals surface area contributed by atoms with Gasteiger partial charge in [-0.1, -0.05) is 38.5 Å². The van der Waals surface area contributed by atoms with E-state index in [1.54, 1.807) is 10.6 Å². The third-order valence-electron chi connectivity index (χ3n) is 7.74. The van der Waals surface area contributed by atoms with Crippen molar-refractivity contribution < 1.29 is 27.8 Å². The molecule has 41 heavy (non-hydrogen) atoms. The molecular formula is C30H32F3N5O3. The maximum atomic E-state index is 13.2. The Balaban J connectivity index is 1.73. The molecule has 1 atom stereocenters. The summed E-state index contributed by atoms with van der Waals surface area (Å²) >= 11 is 0. The summed E-state index contributed by atoms with van der Waals surface area (Å²) in [6.07, 6.45) is -1.18. The highest BCUT2D eigenvalue weighted by Gasteiger charge is 2.31. The van der Waals surface area contributed by atoms with Crippen molar-refractivity contribution >= 4 is 23.0 Å². The number of nitrogens with zero attached hydrogens (tertiary/aromatic N) is 4. The number of hydrogen-bond acceptors (Lipinski definition) is 7. The third-order valence-corrected chi connectivity index (χ3v) is 7.74. The van der Waals surface area contributed by atoms with E-state index in [1.165, 1.54) is 19.2 Å². The molecule has 11 heteroatoms. The van der Waals surface area contributed by atoms with Crippen LogP contribution in [-0.2, 0) is 17.5 Å². The SMILES string of the molecule is COC(=O)c1nc(N[C@H](C)C2CCC2)c2c(n1)nc(-c1cc(C(C)C)ccc1O)n2Cc1ccc(C(F)(F)F)cc1. The number of rotatable bonds is 8. The second-order valence-corrected chi connectivity index (χ2v) is 10.8. The van der Waals surface area contributed by atoms with Gasteiger partial charge in [-0.3, -0.25) is 0 Å². The van der Waals surface area contributed by atoms with Gasteiger partial charge in [-0.15, -0.1) is 0 Å². The van der Waals surface area contributed by atoms with Crippen LogP contribution in [0.25, 0.3) is 22.6 Å². The summed E-state index contributed by atoms with van der Waals surface area (Å²) in [6.45, 7) is 6.21. The molecule has 2 heterocycles. The number of aromatic hydroxyl groups is 1. The molecule has 2 N–H and O–H groups in total. The van der Waals surface area contributed by atoms with Crippen LogP contribution in [0, 0.1) is 5.92 Å². The van der Waals surface area contributed by atoms with Gasteiger partial charge in [0.05, 0.1) is 18.2 Å². The largest absolute Gasteiger partial charge is 0.507 e. The monoisotopic (exact) mass is 567 g/mol. The summed E-state index contributed by atoms with van der Waals surface area (Å²) in [5.74, 6) is 0.379. The summed E-state index contributed by atoms with van der Waals surface area (Å²) < 4.78 is 46.4. The molecule has 4 aromatic rings. The minimum Gasteiger partial charge on any atom is -0.507 e. The van der Waals surface area contributed by atoms with Crippen LogP contribution in [0.3, 0.4) is 0 Å². The number of phenols is 1. The Morgan fingerprint density at radius 3 is 2.39 bits per heavy atom. The molecule has 0 bridgehead atoms. The Hall–Kier alpha value is -4.15. The fraction of sp³-hybridized carbons (Fsp3) is 0.400. The fourth-order valence-corrected chi connectivity index (χ4v) is 5.03. The topological polar surface area (TPSA) is 102 Å². The summed E-state index contributed by atoms with van der Waals surface area (Å²) in [5, 5.41) is 14.4. The lowest BCUT2D eigenvalue weighted by molar-refractivity contribution is -0.137. The first-order chi connectivity index (χ1) is 19.5. The zero-order chi connectivity index (χ0) is 29.5. The Morgan fingerprint density at radius 2 is 1.80 bits per heavy atom. The van der Waals surface area contributed by atoms with Gasteiger partial charge in [0.1, 0.15) is 17.1 Å². The van der Waals surface area contributed by atoms with Crippen LogP contribution < -0.4 is 5.32 Å². The van der Waals surface area contributed by atoms with Gasteiger partial charge in [0.2, 0.25) is 5.82 Å². The van der Waals surface area contributed by atoms with Crippen LogP contribution >= 0.6 is 0 Å². The predicted molar refractivity (Wildman–Crippen MR) is 149 cm³/mol. The van der Waals surface area contributed by atoms with E-state index in [-0.39, 0.29) is 35.7 Å². The quantitative estimate of drug-likeness (QED) is 0.226. The number of esters is 1. The van der Waals surface area contributed by atoms with E-state index in [9.17, 15) is 23.1 Å². The van der Waals surface area contributed by atoms with E-state index >= 15 is 0 Å². The standard InChI is InChI=1S/C30H32F3N5O3/c1-16(2)20-10-13-23(39)22(14-20)28-37-26-24(38(28)15-18-8-11-21(12-9-18)30(31,32)33)25(34-17(3)19-6-5-7-19)35-27(36-26)29(40)41-4/h8-14,16-17,19,39H,5-7,15H2,1-4H3,(H,34,35,36)/t17-/m1/s1. The van der Waals surface area contributed by atoms with Crippen LogP contribution in [0.4, 0.5) is 19.0 Å². The molecule has 1 aliphatic carbocycles. The number of phenolic OH excluding ortho intramolecular Hbond substituents is 1. The first kappa shape index (κ1) is 28.4. The van der Waals surface area contributed by atoms with Crippen molar-refractivity contribution in [2.45, 2.75) is 64.7 Å². The summed E-state index contributed by atoms with van der Waals surface area (Å²) in [6, 6.07) is 10.2. The molecule has 5 rings (SSSR count). The zero-order valence-electron chi connectivity index (χ0n) is 23.3. The van der Waals surface area contributed by atoms with Gasteiger partial charge in [-0.2, -0.15) is 13.2 Å². The molecule has 0 radical (unpaired) electrons. The van der Waals surface area contributed by atoms with Gasteiger partial charge in [0.25, 0.3) is 0 Å². The number of aromatic nitrogens is 4. The minimum atomic E-state index is -4.46. The zero-order valence-corrected chi connectivity index (χ0v) is 23.3. The number of carbonyl (C=O) groups is 1. The number of carbonyl (C=O) groups excluding carboxylic acids is 1. The van der Waals surface area contributed by atoms with Gasteiger partial charge >= 0.3 is 12.1 Å². The van der Waals surface area contributed by atoms with Gasteiger partial charge in [-0.25, -0.2) is 19.7 Å². The van der Waals surface area contributed by atoms with E-state index in [1.807, 2.05) is 32.9 Å². The first-order valence-corrected chi connectivity index (χ1v) is 13.6. The Kier molecular flexibility index (Phi) is 7.63. The predicted octanol–water partition coefficient (Wildman–Crippen LogP) is 6.78. The summed E-state index contributed by atoms with van der Waals surface area (Å²) in [5.41, 5.74) is 1.88. The molecule has 1 saturated carbocycles. The van der Waals surface area contributed by atoms with Crippen LogP contribution in [-0.4, -0.2) is 43.7 Å². The smallest absolute Gasteiger partial charge is 0.416 e. The van der Waals surface area contributed by atoms with Crippen molar-refractivity contribution in [1.29, 1.82) is 0 Å². The number of anilines is 1. The molecule has 0 unspecified atom stereocenters. The second-order valence-electron chi connectivity index (χ2n) is 10.8. The highest BCUT2D eigenvalue weighted by Crippen LogP contribution is 2.37. The fourth-order valence-electron chi connectivity index (χ4n) is 5.03. The van der Waals surface area contributed by atoms with Gasteiger partial charge in [-0.05, 0) is 67.0 Å². The average Bonchev–Trinajstić information content (AvgIpc) is 3.25. The normalized spacial score (nSPS) is 14.7. The number of fused-ring (bicyclic) bond motifs is 1. The molecule has 216 valence electrons. The first-order valence-electron chi connectivity index (χ1n) is 13.6. The number of benzene rings is 2. The lowest BCUT2D eigenvalue weighted by Crippen LogP contribution is -2.31. The third kappa shape index (κ3) is 5.71. The van der Waals surface area contributed by atoms with Crippen LogP contribution in [0.1, 0.15) is 73.3 Å². The van der Waals surface area contributed by atoms with E-state index in [0.717, 1.165) is 37.0 Å². The molecule has 0 aliphatic heterocycles. The molecule has 1 aliphatic rings. The van der Waals surface area contributed by atoms with E-state index in [0.29, 0.717) is 34.2 Å². The molecule has 2 aromatic carbocycles. The molecule has 0 spiro atoms. The lowest BCUT2D eigenvalue weighted by Gasteiger charge is -2.32. The average molecular weight is 568 g/mol. The number of hydrogen-bond donors (Lipinski definition) is 2. The maximum absolute atomic E-state index is 13.2. The number of imidazole rings is 1. The molecular weight excluding hydrogens is 535 g/mol. The summed E-state index contributed by atoms with van der Waals surface area (Å²) in [7, 11) is 1.24. The molecule has 8 nitrogen and oxygen atoms in total. The molecule has 0 amide bonds. The van der Waals surface area contributed by atoms with Crippen LogP contribution in [0.2, 0.25) is 0 Å². The summed E-state index contributed by atoms with van der Waals surface area (Å²) in [4.78, 5) is 26.1. The maximum Gasteiger partial charge on any atom is 0.416 e. The lowest BCUT2D eigenvalue weighted by atomic mass is 9.80.